The van der Waals surface area contributed by atoms with Gasteiger partial charge in [0, 0.05) is 19.1 Å². The van der Waals surface area contributed by atoms with Gasteiger partial charge in [0.15, 0.2) is 0 Å². The lowest BCUT2D eigenvalue weighted by atomic mass is 10.0. The lowest BCUT2D eigenvalue weighted by Crippen LogP contribution is -2.35. The van der Waals surface area contributed by atoms with Gasteiger partial charge in [0.1, 0.15) is 11.4 Å². The first kappa shape index (κ1) is 19.7. The zero-order chi connectivity index (χ0) is 18.4. The predicted octanol–water partition coefficient (Wildman–Crippen LogP) is 4.51. The van der Waals surface area contributed by atoms with E-state index in [9.17, 15) is 9.18 Å². The van der Waals surface area contributed by atoms with Crippen LogP contribution in [0.4, 0.5) is 9.18 Å². The minimum Gasteiger partial charge on any atom is -0.444 e. The van der Waals surface area contributed by atoms with Crippen molar-refractivity contribution < 1.29 is 13.9 Å². The minimum absolute atomic E-state index is 0.166. The molecule has 0 saturated carbocycles. The van der Waals surface area contributed by atoms with E-state index in [4.69, 9.17) is 4.74 Å². The number of hydrogen-bond acceptors (Lipinski definition) is 3. The Morgan fingerprint density at radius 1 is 1.44 bits per heavy atom. The van der Waals surface area contributed by atoms with Gasteiger partial charge in [0.2, 0.25) is 0 Å². The molecule has 0 bridgehead atoms. The third-order valence-corrected chi connectivity index (χ3v) is 4.54. The molecule has 1 aliphatic rings. The molecule has 1 heterocycles. The highest BCUT2D eigenvalue weighted by Crippen LogP contribution is 2.23. The van der Waals surface area contributed by atoms with Gasteiger partial charge in [-0.2, -0.15) is 0 Å². The van der Waals surface area contributed by atoms with E-state index in [1.165, 1.54) is 6.07 Å². The molecule has 0 aliphatic carbocycles. The Morgan fingerprint density at radius 3 is 2.84 bits per heavy atom. The summed E-state index contributed by atoms with van der Waals surface area (Å²) in [6.07, 6.45) is 2.72. The summed E-state index contributed by atoms with van der Waals surface area (Å²) >= 11 is 0. The summed E-state index contributed by atoms with van der Waals surface area (Å²) in [7, 11) is 0. The fourth-order valence-corrected chi connectivity index (χ4v) is 3.24. The first-order chi connectivity index (χ1) is 11.8. The number of likely N-dealkylation sites (tertiary alicyclic amines) is 1. The molecular formula is C20H31FN2O2. The highest BCUT2D eigenvalue weighted by Gasteiger charge is 2.29. The van der Waals surface area contributed by atoms with Crippen molar-refractivity contribution >= 4 is 6.09 Å². The molecule has 1 fully saturated rings. The largest absolute Gasteiger partial charge is 0.444 e. The molecule has 1 amide bonds. The summed E-state index contributed by atoms with van der Waals surface area (Å²) in [6, 6.07) is 6.95. The van der Waals surface area contributed by atoms with Crippen LogP contribution in [-0.2, 0) is 4.74 Å². The highest BCUT2D eigenvalue weighted by molar-refractivity contribution is 5.68. The standard InChI is InChI=1S/C20H31FN2O2/c1-5-18(16-7-6-8-17(21)13-16)22-11-9-15-10-12-23(14-15)19(24)25-20(2,3)4/h6-8,13,15,18,22H,5,9-12,14H2,1-4H3. The summed E-state index contributed by atoms with van der Waals surface area (Å²) in [4.78, 5) is 13.9. The summed E-state index contributed by atoms with van der Waals surface area (Å²) in [5.74, 6) is 0.298. The maximum atomic E-state index is 13.4. The van der Waals surface area contributed by atoms with Crippen LogP contribution in [0.15, 0.2) is 24.3 Å². The number of carbonyl (C=O) groups is 1. The molecule has 4 nitrogen and oxygen atoms in total. The first-order valence-corrected chi connectivity index (χ1v) is 9.25. The van der Waals surface area contributed by atoms with E-state index >= 15 is 0 Å². The van der Waals surface area contributed by atoms with Crippen molar-refractivity contribution in [2.75, 3.05) is 19.6 Å². The molecule has 2 rings (SSSR count). The Bertz CT molecular complexity index is 571. The van der Waals surface area contributed by atoms with Gasteiger partial charge in [-0.25, -0.2) is 9.18 Å². The summed E-state index contributed by atoms with van der Waals surface area (Å²) in [5, 5.41) is 3.52. The predicted molar refractivity (Wildman–Crippen MR) is 98.0 cm³/mol. The molecule has 5 heteroatoms. The zero-order valence-electron chi connectivity index (χ0n) is 15.8. The van der Waals surface area contributed by atoms with Gasteiger partial charge in [-0.15, -0.1) is 0 Å². The van der Waals surface area contributed by atoms with E-state index < -0.39 is 5.60 Å². The van der Waals surface area contributed by atoms with E-state index in [0.29, 0.717) is 5.92 Å². The molecule has 140 valence electrons. The Kier molecular flexibility index (Phi) is 6.82. The number of halogens is 1. The molecule has 1 aliphatic heterocycles. The van der Waals surface area contributed by atoms with Crippen molar-refractivity contribution in [3.63, 3.8) is 0 Å². The lowest BCUT2D eigenvalue weighted by molar-refractivity contribution is 0.0287. The lowest BCUT2D eigenvalue weighted by Gasteiger charge is -2.24. The molecule has 2 atom stereocenters. The Hall–Kier alpha value is -1.62. The van der Waals surface area contributed by atoms with Crippen LogP contribution in [0, 0.1) is 11.7 Å². The van der Waals surface area contributed by atoms with Gasteiger partial charge >= 0.3 is 6.09 Å². The number of nitrogens with one attached hydrogen (secondary N) is 1. The second kappa shape index (κ2) is 8.65. The monoisotopic (exact) mass is 350 g/mol. The number of amides is 1. The zero-order valence-corrected chi connectivity index (χ0v) is 15.8. The van der Waals surface area contributed by atoms with Crippen LogP contribution in [0.1, 0.15) is 58.6 Å². The Labute approximate surface area is 150 Å². The van der Waals surface area contributed by atoms with Gasteiger partial charge < -0.3 is 15.0 Å². The van der Waals surface area contributed by atoms with E-state index in [-0.39, 0.29) is 18.0 Å². The van der Waals surface area contributed by atoms with Crippen LogP contribution in [0.5, 0.6) is 0 Å². The molecule has 0 radical (unpaired) electrons. The van der Waals surface area contributed by atoms with E-state index in [2.05, 4.69) is 12.2 Å². The SMILES string of the molecule is CCC(NCCC1CCN(C(=O)OC(C)(C)C)C1)c1cccc(F)c1. The van der Waals surface area contributed by atoms with Crippen molar-refractivity contribution in [1.82, 2.24) is 10.2 Å². The average molecular weight is 350 g/mol. The molecule has 1 N–H and O–H groups in total. The molecule has 0 aromatic heterocycles. The minimum atomic E-state index is -0.448. The first-order valence-electron chi connectivity index (χ1n) is 9.25. The third-order valence-electron chi connectivity index (χ3n) is 4.54. The highest BCUT2D eigenvalue weighted by atomic mass is 19.1. The van der Waals surface area contributed by atoms with E-state index in [1.807, 2.05) is 26.8 Å². The second-order valence-electron chi connectivity index (χ2n) is 7.84. The molecule has 25 heavy (non-hydrogen) atoms. The van der Waals surface area contributed by atoms with Crippen molar-refractivity contribution in [3.05, 3.63) is 35.6 Å². The van der Waals surface area contributed by atoms with Gasteiger partial charge in [-0.1, -0.05) is 19.1 Å². The Balaban J connectivity index is 1.76. The number of ether oxygens (including phenoxy) is 1. The maximum Gasteiger partial charge on any atom is 0.410 e. The van der Waals surface area contributed by atoms with Gasteiger partial charge in [-0.3, -0.25) is 0 Å². The van der Waals surface area contributed by atoms with Crippen molar-refractivity contribution in [3.8, 4) is 0 Å². The topological polar surface area (TPSA) is 41.6 Å². The van der Waals surface area contributed by atoms with Crippen LogP contribution >= 0.6 is 0 Å². The molecular weight excluding hydrogens is 319 g/mol. The van der Waals surface area contributed by atoms with E-state index in [0.717, 1.165) is 44.5 Å². The van der Waals surface area contributed by atoms with Crippen LogP contribution in [0.3, 0.4) is 0 Å². The van der Waals surface area contributed by atoms with Gasteiger partial charge in [0.05, 0.1) is 0 Å². The molecule has 1 aromatic carbocycles. The number of rotatable bonds is 6. The van der Waals surface area contributed by atoms with Crippen LogP contribution < -0.4 is 5.32 Å². The van der Waals surface area contributed by atoms with Crippen molar-refractivity contribution in [1.29, 1.82) is 0 Å². The quantitative estimate of drug-likeness (QED) is 0.820. The Morgan fingerprint density at radius 2 is 2.20 bits per heavy atom. The van der Waals surface area contributed by atoms with Crippen molar-refractivity contribution in [2.24, 2.45) is 5.92 Å². The average Bonchev–Trinajstić information content (AvgIpc) is 2.99. The van der Waals surface area contributed by atoms with Gasteiger partial charge in [-0.05, 0) is 70.2 Å². The number of carbonyl (C=O) groups excluding carboxylic acids is 1. The molecule has 2 unspecified atom stereocenters. The number of benzene rings is 1. The number of nitrogens with zero attached hydrogens (tertiary/aromatic N) is 1. The summed E-state index contributed by atoms with van der Waals surface area (Å²) < 4.78 is 18.8. The molecule has 1 saturated heterocycles. The maximum absolute atomic E-state index is 13.4. The van der Waals surface area contributed by atoms with E-state index in [1.54, 1.807) is 17.0 Å². The molecule has 1 aromatic rings. The number of hydrogen-bond donors (Lipinski definition) is 1. The second-order valence-corrected chi connectivity index (χ2v) is 7.84. The molecule has 0 spiro atoms. The summed E-state index contributed by atoms with van der Waals surface area (Å²) in [5.41, 5.74) is 0.542. The smallest absolute Gasteiger partial charge is 0.410 e. The summed E-state index contributed by atoms with van der Waals surface area (Å²) in [6.45, 7) is 10.2. The van der Waals surface area contributed by atoms with Crippen LogP contribution in [0.25, 0.3) is 0 Å². The van der Waals surface area contributed by atoms with Crippen molar-refractivity contribution in [2.45, 2.75) is 58.6 Å². The van der Waals surface area contributed by atoms with Crippen LogP contribution in [-0.4, -0.2) is 36.2 Å². The third kappa shape index (κ3) is 6.31. The van der Waals surface area contributed by atoms with Gasteiger partial charge in [0.25, 0.3) is 0 Å². The fourth-order valence-electron chi connectivity index (χ4n) is 3.24. The normalized spacial score (nSPS) is 19.1. The van der Waals surface area contributed by atoms with Crippen LogP contribution in [0.2, 0.25) is 0 Å². The fraction of sp³-hybridized carbons (Fsp3) is 0.650.